The molecule has 29 heavy (non-hydrogen) atoms. The first kappa shape index (κ1) is 19.0. The molecule has 6 heteroatoms. The lowest BCUT2D eigenvalue weighted by Crippen LogP contribution is -2.41. The summed E-state index contributed by atoms with van der Waals surface area (Å²) in [6.07, 6.45) is 5.47. The molecule has 1 N–H and O–H groups in total. The van der Waals surface area contributed by atoms with Crippen LogP contribution in [0.1, 0.15) is 19.3 Å². The number of anilines is 1. The normalized spacial score (nSPS) is 21.3. The number of thiophene rings is 1. The SMILES string of the molecule is CN1CCC(NCC2CCN(c3ncnc4scc(-c5ccccc5)c34)CC2)C1. The minimum Gasteiger partial charge on any atom is -0.356 e. The summed E-state index contributed by atoms with van der Waals surface area (Å²) in [7, 11) is 2.22. The fourth-order valence-electron chi connectivity index (χ4n) is 4.71. The molecule has 152 valence electrons. The second kappa shape index (κ2) is 8.38. The van der Waals surface area contributed by atoms with E-state index < -0.39 is 0 Å². The Hall–Kier alpha value is -2.02. The van der Waals surface area contributed by atoms with E-state index in [-0.39, 0.29) is 0 Å². The Balaban J connectivity index is 1.29. The molecule has 1 unspecified atom stereocenters. The van der Waals surface area contributed by atoms with Crippen LogP contribution in [0.15, 0.2) is 42.0 Å². The first-order chi connectivity index (χ1) is 14.3. The number of piperidine rings is 1. The van der Waals surface area contributed by atoms with Crippen molar-refractivity contribution in [2.75, 3.05) is 44.7 Å². The number of nitrogens with zero attached hydrogens (tertiary/aromatic N) is 4. The summed E-state index contributed by atoms with van der Waals surface area (Å²) >= 11 is 1.72. The molecule has 5 nitrogen and oxygen atoms in total. The van der Waals surface area contributed by atoms with Crippen LogP contribution < -0.4 is 10.2 Å². The van der Waals surface area contributed by atoms with Crippen molar-refractivity contribution in [2.45, 2.75) is 25.3 Å². The number of fused-ring (bicyclic) bond motifs is 1. The Bertz CT molecular complexity index is 948. The van der Waals surface area contributed by atoms with Crippen LogP contribution in [-0.2, 0) is 0 Å². The number of aromatic nitrogens is 2. The summed E-state index contributed by atoms with van der Waals surface area (Å²) in [5.41, 5.74) is 2.51. The Labute approximate surface area is 176 Å². The summed E-state index contributed by atoms with van der Waals surface area (Å²) in [6, 6.07) is 11.3. The summed E-state index contributed by atoms with van der Waals surface area (Å²) in [5.74, 6) is 1.88. The van der Waals surface area contributed by atoms with Gasteiger partial charge in [0, 0.05) is 36.6 Å². The highest BCUT2D eigenvalue weighted by Crippen LogP contribution is 2.38. The molecular formula is C23H29N5S. The van der Waals surface area contributed by atoms with Crippen molar-refractivity contribution in [3.05, 3.63) is 42.0 Å². The van der Waals surface area contributed by atoms with Gasteiger partial charge in [-0.05, 0) is 50.9 Å². The number of benzene rings is 1. The highest BCUT2D eigenvalue weighted by molar-refractivity contribution is 7.17. The van der Waals surface area contributed by atoms with E-state index in [2.05, 4.69) is 62.9 Å². The largest absolute Gasteiger partial charge is 0.356 e. The van der Waals surface area contributed by atoms with E-state index in [1.165, 1.54) is 48.9 Å². The smallest absolute Gasteiger partial charge is 0.141 e. The second-order valence-corrected chi connectivity index (χ2v) is 9.34. The zero-order valence-electron chi connectivity index (χ0n) is 17.1. The van der Waals surface area contributed by atoms with Gasteiger partial charge in [-0.1, -0.05) is 30.3 Å². The van der Waals surface area contributed by atoms with E-state index in [4.69, 9.17) is 4.98 Å². The van der Waals surface area contributed by atoms with E-state index in [1.54, 1.807) is 17.7 Å². The fraction of sp³-hybridized carbons (Fsp3) is 0.478. The van der Waals surface area contributed by atoms with Crippen LogP contribution in [0.25, 0.3) is 21.3 Å². The molecule has 0 aliphatic carbocycles. The Morgan fingerprint density at radius 3 is 2.66 bits per heavy atom. The standard InChI is InChI=1S/C23H29N5S/c1-27-10-9-19(14-27)24-13-17-7-11-28(12-8-17)22-21-20(18-5-3-2-4-6-18)15-29-23(21)26-16-25-22/h2-6,15-17,19,24H,7-14H2,1H3. The molecule has 0 saturated carbocycles. The van der Waals surface area contributed by atoms with Gasteiger partial charge in [0.15, 0.2) is 0 Å². The molecule has 2 fully saturated rings. The summed E-state index contributed by atoms with van der Waals surface area (Å²) in [6.45, 7) is 5.72. The molecule has 0 radical (unpaired) electrons. The maximum absolute atomic E-state index is 4.73. The van der Waals surface area contributed by atoms with Crippen molar-refractivity contribution < 1.29 is 0 Å². The molecular weight excluding hydrogens is 378 g/mol. The van der Waals surface area contributed by atoms with Gasteiger partial charge in [0.1, 0.15) is 17.0 Å². The monoisotopic (exact) mass is 407 g/mol. The minimum absolute atomic E-state index is 0.679. The number of likely N-dealkylation sites (N-methyl/N-ethyl adjacent to an activating group) is 1. The number of likely N-dealkylation sites (tertiary alicyclic amines) is 1. The molecule has 1 atom stereocenters. The Kier molecular flexibility index (Phi) is 5.48. The summed E-state index contributed by atoms with van der Waals surface area (Å²) in [4.78, 5) is 15.3. The molecule has 2 aliphatic heterocycles. The molecule has 2 saturated heterocycles. The topological polar surface area (TPSA) is 44.3 Å². The van der Waals surface area contributed by atoms with Crippen LogP contribution in [0.4, 0.5) is 5.82 Å². The van der Waals surface area contributed by atoms with Crippen molar-refractivity contribution in [2.24, 2.45) is 5.92 Å². The second-order valence-electron chi connectivity index (χ2n) is 8.48. The highest BCUT2D eigenvalue weighted by atomic mass is 32.1. The maximum atomic E-state index is 4.73. The van der Waals surface area contributed by atoms with Gasteiger partial charge in [-0.25, -0.2) is 9.97 Å². The predicted molar refractivity (Wildman–Crippen MR) is 122 cm³/mol. The van der Waals surface area contributed by atoms with Gasteiger partial charge in [-0.2, -0.15) is 0 Å². The van der Waals surface area contributed by atoms with Gasteiger partial charge in [-0.3, -0.25) is 0 Å². The number of rotatable bonds is 5. The average Bonchev–Trinajstić information content (AvgIpc) is 3.39. The summed E-state index contributed by atoms with van der Waals surface area (Å²) in [5, 5.41) is 7.25. The number of hydrogen-bond donors (Lipinski definition) is 1. The van der Waals surface area contributed by atoms with Gasteiger partial charge < -0.3 is 15.1 Å². The lowest BCUT2D eigenvalue weighted by atomic mass is 9.96. The molecule has 3 aromatic rings. The van der Waals surface area contributed by atoms with Crippen LogP contribution in [-0.4, -0.2) is 60.7 Å². The molecule has 1 aromatic carbocycles. The van der Waals surface area contributed by atoms with Crippen molar-refractivity contribution in [3.63, 3.8) is 0 Å². The van der Waals surface area contributed by atoms with E-state index in [1.807, 2.05) is 0 Å². The lowest BCUT2D eigenvalue weighted by Gasteiger charge is -2.33. The zero-order valence-corrected chi connectivity index (χ0v) is 17.9. The van der Waals surface area contributed by atoms with Crippen LogP contribution in [0.2, 0.25) is 0 Å². The molecule has 4 heterocycles. The quantitative estimate of drug-likeness (QED) is 0.696. The average molecular weight is 408 g/mol. The molecule has 5 rings (SSSR count). The van der Waals surface area contributed by atoms with Gasteiger partial charge in [-0.15, -0.1) is 11.3 Å². The molecule has 2 aliphatic rings. The van der Waals surface area contributed by atoms with Crippen molar-refractivity contribution in [3.8, 4) is 11.1 Å². The first-order valence-corrected chi connectivity index (χ1v) is 11.6. The molecule has 0 amide bonds. The fourth-order valence-corrected chi connectivity index (χ4v) is 5.62. The third kappa shape index (κ3) is 4.02. The van der Waals surface area contributed by atoms with Gasteiger partial charge >= 0.3 is 0 Å². The Morgan fingerprint density at radius 1 is 1.07 bits per heavy atom. The summed E-state index contributed by atoms with van der Waals surface area (Å²) < 4.78 is 0. The maximum Gasteiger partial charge on any atom is 0.141 e. The minimum atomic E-state index is 0.679. The van der Waals surface area contributed by atoms with Crippen LogP contribution in [0.3, 0.4) is 0 Å². The van der Waals surface area contributed by atoms with Crippen molar-refractivity contribution in [1.29, 1.82) is 0 Å². The first-order valence-electron chi connectivity index (χ1n) is 10.7. The predicted octanol–water partition coefficient (Wildman–Crippen LogP) is 3.87. The van der Waals surface area contributed by atoms with Crippen LogP contribution in [0.5, 0.6) is 0 Å². The molecule has 2 aromatic heterocycles. The molecule has 0 bridgehead atoms. The van der Waals surface area contributed by atoms with E-state index in [0.717, 1.165) is 36.2 Å². The van der Waals surface area contributed by atoms with E-state index in [9.17, 15) is 0 Å². The van der Waals surface area contributed by atoms with Crippen LogP contribution >= 0.6 is 11.3 Å². The number of hydrogen-bond acceptors (Lipinski definition) is 6. The zero-order chi connectivity index (χ0) is 19.6. The highest BCUT2D eigenvalue weighted by Gasteiger charge is 2.25. The molecule has 0 spiro atoms. The van der Waals surface area contributed by atoms with Gasteiger partial charge in [0.05, 0.1) is 5.39 Å². The third-order valence-electron chi connectivity index (χ3n) is 6.44. The van der Waals surface area contributed by atoms with Crippen molar-refractivity contribution in [1.82, 2.24) is 20.2 Å². The Morgan fingerprint density at radius 2 is 1.90 bits per heavy atom. The van der Waals surface area contributed by atoms with E-state index >= 15 is 0 Å². The number of nitrogens with one attached hydrogen (secondary N) is 1. The van der Waals surface area contributed by atoms with Crippen LogP contribution in [0, 0.1) is 5.92 Å². The van der Waals surface area contributed by atoms with E-state index in [0.29, 0.717) is 6.04 Å². The van der Waals surface area contributed by atoms with Crippen molar-refractivity contribution >= 4 is 27.4 Å². The van der Waals surface area contributed by atoms with Gasteiger partial charge in [0.25, 0.3) is 0 Å². The lowest BCUT2D eigenvalue weighted by molar-refractivity contribution is 0.350. The van der Waals surface area contributed by atoms with Gasteiger partial charge in [0.2, 0.25) is 0 Å². The third-order valence-corrected chi connectivity index (χ3v) is 7.32.